The predicted octanol–water partition coefficient (Wildman–Crippen LogP) is 3.45. The number of hydrogen-bond acceptors (Lipinski definition) is 3. The van der Waals surface area contributed by atoms with Gasteiger partial charge in [-0.3, -0.25) is 0 Å². The molecule has 0 amide bonds. The molecule has 0 bridgehead atoms. The van der Waals surface area contributed by atoms with E-state index in [1.807, 2.05) is 0 Å². The number of hydrogen-bond donors (Lipinski definition) is 1. The maximum atomic E-state index is 6.49. The van der Waals surface area contributed by atoms with Gasteiger partial charge in [-0.05, 0) is 30.7 Å². The third kappa shape index (κ3) is 2.56. The molecule has 3 heteroatoms. The van der Waals surface area contributed by atoms with Crippen molar-refractivity contribution in [3.8, 4) is 0 Å². The zero-order valence-corrected chi connectivity index (χ0v) is 12.0. The minimum Gasteiger partial charge on any atom is -0.319 e. The first-order valence-electron chi connectivity index (χ1n) is 7.10. The second kappa shape index (κ2) is 4.96. The van der Waals surface area contributed by atoms with E-state index in [1.54, 1.807) is 0 Å². The molecule has 0 aliphatic heterocycles. The van der Waals surface area contributed by atoms with Gasteiger partial charge in [0.1, 0.15) is 5.82 Å². The first-order valence-corrected chi connectivity index (χ1v) is 7.10. The van der Waals surface area contributed by atoms with Gasteiger partial charge >= 0.3 is 0 Å². The van der Waals surface area contributed by atoms with Crippen molar-refractivity contribution in [1.82, 2.24) is 9.97 Å². The van der Waals surface area contributed by atoms with Gasteiger partial charge in [-0.15, -0.1) is 0 Å². The van der Waals surface area contributed by atoms with Gasteiger partial charge in [-0.25, -0.2) is 9.97 Å². The average Bonchev–Trinajstić information content (AvgIpc) is 2.77. The summed E-state index contributed by atoms with van der Waals surface area (Å²) in [5.74, 6) is 1.72. The monoisotopic (exact) mass is 247 g/mol. The van der Waals surface area contributed by atoms with Crippen LogP contribution < -0.4 is 5.73 Å². The molecular weight excluding hydrogens is 222 g/mol. The molecule has 2 rings (SSSR count). The summed E-state index contributed by atoms with van der Waals surface area (Å²) < 4.78 is 0. The Bertz CT molecular complexity index is 391. The van der Waals surface area contributed by atoms with Crippen molar-refractivity contribution in [2.24, 2.45) is 5.73 Å². The van der Waals surface area contributed by atoms with Crippen molar-refractivity contribution in [1.29, 1.82) is 0 Å². The molecule has 1 aliphatic carbocycles. The highest BCUT2D eigenvalue weighted by atomic mass is 15.0. The van der Waals surface area contributed by atoms with Crippen molar-refractivity contribution in [3.63, 3.8) is 0 Å². The topological polar surface area (TPSA) is 51.8 Å². The Kier molecular flexibility index (Phi) is 3.71. The van der Waals surface area contributed by atoms with Crippen LogP contribution in [0.2, 0.25) is 0 Å². The largest absolute Gasteiger partial charge is 0.319 e. The van der Waals surface area contributed by atoms with Gasteiger partial charge in [0, 0.05) is 11.4 Å². The lowest BCUT2D eigenvalue weighted by atomic mass is 9.96. The maximum absolute atomic E-state index is 6.49. The summed E-state index contributed by atoms with van der Waals surface area (Å²) in [7, 11) is 0. The van der Waals surface area contributed by atoms with Gasteiger partial charge in [0.05, 0.1) is 5.54 Å². The lowest BCUT2D eigenvalue weighted by Gasteiger charge is -2.24. The summed E-state index contributed by atoms with van der Waals surface area (Å²) in [4.78, 5) is 9.47. The molecule has 0 aromatic carbocycles. The van der Waals surface area contributed by atoms with Crippen LogP contribution in [-0.4, -0.2) is 9.97 Å². The highest BCUT2D eigenvalue weighted by Gasteiger charge is 2.34. The normalized spacial score (nSPS) is 18.8. The van der Waals surface area contributed by atoms with E-state index >= 15 is 0 Å². The summed E-state index contributed by atoms with van der Waals surface area (Å²) >= 11 is 0. The Hall–Kier alpha value is -0.960. The van der Waals surface area contributed by atoms with Crippen LogP contribution in [0.5, 0.6) is 0 Å². The van der Waals surface area contributed by atoms with Gasteiger partial charge in [-0.1, -0.05) is 40.5 Å². The fraction of sp³-hybridized carbons (Fsp3) is 0.733. The molecule has 0 unspecified atom stereocenters. The molecule has 1 aromatic heterocycles. The SMILES string of the molecule is CC(C)c1cc(C(C)C)nc(C2(N)CCCC2)n1. The minimum atomic E-state index is -0.283. The molecule has 0 spiro atoms. The van der Waals surface area contributed by atoms with Gasteiger partial charge in [0.2, 0.25) is 0 Å². The average molecular weight is 247 g/mol. The van der Waals surface area contributed by atoms with Crippen LogP contribution in [0.25, 0.3) is 0 Å². The van der Waals surface area contributed by atoms with Crippen molar-refractivity contribution in [3.05, 3.63) is 23.3 Å². The smallest absolute Gasteiger partial charge is 0.148 e. The van der Waals surface area contributed by atoms with Crippen molar-refractivity contribution < 1.29 is 0 Å². The van der Waals surface area contributed by atoms with Gasteiger partial charge in [0.25, 0.3) is 0 Å². The quantitative estimate of drug-likeness (QED) is 0.890. The lowest BCUT2D eigenvalue weighted by molar-refractivity contribution is 0.425. The van der Waals surface area contributed by atoms with Crippen LogP contribution in [0.3, 0.4) is 0 Å². The van der Waals surface area contributed by atoms with E-state index in [1.165, 1.54) is 12.8 Å². The van der Waals surface area contributed by atoms with Gasteiger partial charge in [0.15, 0.2) is 0 Å². The second-order valence-corrected chi connectivity index (χ2v) is 6.21. The van der Waals surface area contributed by atoms with Crippen LogP contribution in [0.4, 0.5) is 0 Å². The van der Waals surface area contributed by atoms with E-state index in [4.69, 9.17) is 15.7 Å². The van der Waals surface area contributed by atoms with Crippen LogP contribution >= 0.6 is 0 Å². The van der Waals surface area contributed by atoms with Gasteiger partial charge < -0.3 is 5.73 Å². The molecule has 1 fully saturated rings. The zero-order valence-electron chi connectivity index (χ0n) is 12.0. The van der Waals surface area contributed by atoms with E-state index in [2.05, 4.69) is 33.8 Å². The fourth-order valence-corrected chi connectivity index (χ4v) is 2.53. The molecule has 2 N–H and O–H groups in total. The van der Waals surface area contributed by atoms with E-state index < -0.39 is 0 Å². The molecule has 1 aromatic rings. The molecular formula is C15H25N3. The maximum Gasteiger partial charge on any atom is 0.148 e. The van der Waals surface area contributed by atoms with E-state index in [-0.39, 0.29) is 5.54 Å². The van der Waals surface area contributed by atoms with Crippen LogP contribution in [-0.2, 0) is 5.54 Å². The number of rotatable bonds is 3. The van der Waals surface area contributed by atoms with Crippen molar-refractivity contribution in [2.75, 3.05) is 0 Å². The fourth-order valence-electron chi connectivity index (χ4n) is 2.53. The van der Waals surface area contributed by atoms with Crippen LogP contribution in [0.15, 0.2) is 6.07 Å². The van der Waals surface area contributed by atoms with Crippen molar-refractivity contribution >= 4 is 0 Å². The number of nitrogens with two attached hydrogens (primary N) is 1. The van der Waals surface area contributed by atoms with Crippen molar-refractivity contribution in [2.45, 2.75) is 70.8 Å². The molecule has 18 heavy (non-hydrogen) atoms. The first kappa shape index (κ1) is 13.5. The number of aromatic nitrogens is 2. The molecule has 0 saturated heterocycles. The Labute approximate surface area is 110 Å². The van der Waals surface area contributed by atoms with E-state index in [0.29, 0.717) is 11.8 Å². The molecule has 3 nitrogen and oxygen atoms in total. The molecule has 100 valence electrons. The Morgan fingerprint density at radius 2 is 1.44 bits per heavy atom. The van der Waals surface area contributed by atoms with E-state index in [9.17, 15) is 0 Å². The summed E-state index contributed by atoms with van der Waals surface area (Å²) in [5, 5.41) is 0. The predicted molar refractivity (Wildman–Crippen MR) is 74.5 cm³/mol. The van der Waals surface area contributed by atoms with E-state index in [0.717, 1.165) is 30.1 Å². The third-order valence-corrected chi connectivity index (χ3v) is 3.89. The van der Waals surface area contributed by atoms with Crippen LogP contribution in [0, 0.1) is 0 Å². The first-order chi connectivity index (χ1) is 8.42. The van der Waals surface area contributed by atoms with Gasteiger partial charge in [-0.2, -0.15) is 0 Å². The Morgan fingerprint density at radius 1 is 1.00 bits per heavy atom. The molecule has 1 heterocycles. The van der Waals surface area contributed by atoms with Crippen LogP contribution in [0.1, 0.15) is 82.4 Å². The summed E-state index contributed by atoms with van der Waals surface area (Å²) in [6.07, 6.45) is 4.43. The second-order valence-electron chi connectivity index (χ2n) is 6.21. The Morgan fingerprint density at radius 3 is 1.83 bits per heavy atom. The number of nitrogens with zero attached hydrogens (tertiary/aromatic N) is 2. The minimum absolute atomic E-state index is 0.283. The molecule has 0 radical (unpaired) electrons. The zero-order chi connectivity index (χ0) is 13.3. The Balaban J connectivity index is 2.46. The highest BCUT2D eigenvalue weighted by molar-refractivity contribution is 5.20. The summed E-state index contributed by atoms with van der Waals surface area (Å²) in [6.45, 7) is 8.70. The molecule has 1 aliphatic rings. The molecule has 1 saturated carbocycles. The highest BCUT2D eigenvalue weighted by Crippen LogP contribution is 2.35. The summed E-state index contributed by atoms with van der Waals surface area (Å²) in [6, 6.07) is 2.14. The standard InChI is InChI=1S/C15H25N3/c1-10(2)12-9-13(11(3)4)18-14(17-12)15(16)7-5-6-8-15/h9-11H,5-8,16H2,1-4H3. The summed E-state index contributed by atoms with van der Waals surface area (Å²) in [5.41, 5.74) is 8.46. The third-order valence-electron chi connectivity index (χ3n) is 3.89. The lowest BCUT2D eigenvalue weighted by Crippen LogP contribution is -2.36. The molecule has 0 atom stereocenters.